The zero-order valence-electron chi connectivity index (χ0n) is 16.6. The van der Waals surface area contributed by atoms with Gasteiger partial charge in [0.1, 0.15) is 0 Å². The maximum absolute atomic E-state index is 12.7. The monoisotopic (exact) mass is 409 g/mol. The molecule has 0 spiro atoms. The highest BCUT2D eigenvalue weighted by molar-refractivity contribution is 7.92. The minimum Gasteiger partial charge on any atom is -0.346 e. The first-order valence-electron chi connectivity index (χ1n) is 9.15. The van der Waals surface area contributed by atoms with E-state index in [1.165, 1.54) is 0 Å². The van der Waals surface area contributed by atoms with E-state index in [0.717, 1.165) is 16.8 Å². The lowest BCUT2D eigenvalue weighted by Gasteiger charge is -2.12. The van der Waals surface area contributed by atoms with Crippen LogP contribution in [0.2, 0.25) is 0 Å². The van der Waals surface area contributed by atoms with Crippen molar-refractivity contribution in [3.63, 3.8) is 0 Å². The molecule has 0 saturated carbocycles. The van der Waals surface area contributed by atoms with E-state index in [9.17, 15) is 13.2 Å². The molecule has 2 aromatic carbocycles. The number of anilines is 1. The molecule has 1 aromatic heterocycles. The minimum atomic E-state index is -3.71. The number of carbonyl (C=O) groups is 1. The fourth-order valence-corrected chi connectivity index (χ4v) is 4.26. The molecule has 1 amide bonds. The summed E-state index contributed by atoms with van der Waals surface area (Å²) < 4.78 is 27.9. The van der Waals surface area contributed by atoms with E-state index in [2.05, 4.69) is 15.0 Å². The number of sulfonamides is 1. The Bertz CT molecular complexity index is 1140. The van der Waals surface area contributed by atoms with Gasteiger partial charge in [0.15, 0.2) is 0 Å². The van der Waals surface area contributed by atoms with E-state index < -0.39 is 10.0 Å². The van der Waals surface area contributed by atoms with Gasteiger partial charge in [-0.1, -0.05) is 18.2 Å². The van der Waals surface area contributed by atoms with Crippen LogP contribution in [0.5, 0.6) is 0 Å². The molecule has 150 valence electrons. The lowest BCUT2D eigenvalue weighted by molar-refractivity contribution is 0.0950. The number of nitrogens with zero attached hydrogens (tertiary/aromatic N) is 1. The second-order valence-corrected chi connectivity index (χ2v) is 8.55. The molecular formula is C22H23N3O3S. The largest absolute Gasteiger partial charge is 0.346 e. The Kier molecular flexibility index (Phi) is 5.98. The van der Waals surface area contributed by atoms with Crippen LogP contribution in [0.25, 0.3) is 0 Å². The topological polar surface area (TPSA) is 88.2 Å². The standard InChI is InChI=1S/C22H23N3O3S/c1-15-6-7-17(3)21(13-15)29(27,28)25-19-10-8-18(9-11-19)22(26)24-14-20-16(2)5-4-12-23-20/h4-13,25H,14H2,1-3H3,(H,24,26). The van der Waals surface area contributed by atoms with Crippen molar-refractivity contribution in [3.05, 3.63) is 88.7 Å². The maximum Gasteiger partial charge on any atom is 0.262 e. The number of amides is 1. The van der Waals surface area contributed by atoms with Crippen LogP contribution < -0.4 is 10.0 Å². The van der Waals surface area contributed by atoms with Crippen LogP contribution in [0.15, 0.2) is 65.7 Å². The molecule has 0 saturated heterocycles. The van der Waals surface area contributed by atoms with Crippen molar-refractivity contribution < 1.29 is 13.2 Å². The highest BCUT2D eigenvalue weighted by Crippen LogP contribution is 2.21. The number of hydrogen-bond donors (Lipinski definition) is 2. The summed E-state index contributed by atoms with van der Waals surface area (Å²) in [6.07, 6.45) is 1.69. The molecule has 0 unspecified atom stereocenters. The first-order chi connectivity index (χ1) is 13.8. The zero-order valence-corrected chi connectivity index (χ0v) is 17.4. The number of aryl methyl sites for hydroxylation is 3. The van der Waals surface area contributed by atoms with Crippen LogP contribution in [0, 0.1) is 20.8 Å². The van der Waals surface area contributed by atoms with Crippen LogP contribution in [-0.2, 0) is 16.6 Å². The van der Waals surface area contributed by atoms with E-state index in [4.69, 9.17) is 0 Å². The summed E-state index contributed by atoms with van der Waals surface area (Å²) in [5, 5.41) is 2.82. The molecule has 0 atom stereocenters. The fraction of sp³-hybridized carbons (Fsp3) is 0.182. The fourth-order valence-electron chi connectivity index (χ4n) is 2.87. The predicted octanol–water partition coefficient (Wildman–Crippen LogP) is 3.74. The summed E-state index contributed by atoms with van der Waals surface area (Å²) in [6.45, 7) is 5.86. The smallest absolute Gasteiger partial charge is 0.262 e. The Morgan fingerprint density at radius 3 is 2.38 bits per heavy atom. The first-order valence-corrected chi connectivity index (χ1v) is 10.6. The van der Waals surface area contributed by atoms with E-state index in [-0.39, 0.29) is 10.8 Å². The molecule has 0 bridgehead atoms. The lowest BCUT2D eigenvalue weighted by Crippen LogP contribution is -2.23. The highest BCUT2D eigenvalue weighted by atomic mass is 32.2. The summed E-state index contributed by atoms with van der Waals surface area (Å²) in [4.78, 5) is 16.8. The lowest BCUT2D eigenvalue weighted by atomic mass is 10.2. The number of nitrogens with one attached hydrogen (secondary N) is 2. The van der Waals surface area contributed by atoms with Gasteiger partial charge in [-0.2, -0.15) is 0 Å². The quantitative estimate of drug-likeness (QED) is 0.649. The van der Waals surface area contributed by atoms with Gasteiger partial charge < -0.3 is 5.32 Å². The number of carbonyl (C=O) groups excluding carboxylic acids is 1. The summed E-state index contributed by atoms with van der Waals surface area (Å²) in [6, 6.07) is 15.4. The van der Waals surface area contributed by atoms with Crippen molar-refractivity contribution >= 4 is 21.6 Å². The van der Waals surface area contributed by atoms with Crippen LogP contribution in [0.4, 0.5) is 5.69 Å². The Morgan fingerprint density at radius 1 is 0.966 bits per heavy atom. The van der Waals surface area contributed by atoms with Crippen molar-refractivity contribution in [1.82, 2.24) is 10.3 Å². The van der Waals surface area contributed by atoms with E-state index in [0.29, 0.717) is 23.4 Å². The van der Waals surface area contributed by atoms with Gasteiger partial charge >= 0.3 is 0 Å². The number of benzene rings is 2. The molecule has 0 radical (unpaired) electrons. The molecule has 0 aliphatic carbocycles. The molecule has 3 rings (SSSR count). The van der Waals surface area contributed by atoms with Gasteiger partial charge in [-0.3, -0.25) is 14.5 Å². The average Bonchev–Trinajstić information content (AvgIpc) is 2.69. The van der Waals surface area contributed by atoms with Gasteiger partial charge in [0.05, 0.1) is 17.1 Å². The third-order valence-electron chi connectivity index (χ3n) is 4.57. The molecule has 0 aliphatic rings. The molecule has 29 heavy (non-hydrogen) atoms. The third kappa shape index (κ3) is 5.00. The normalized spacial score (nSPS) is 11.1. The van der Waals surface area contributed by atoms with Crippen molar-refractivity contribution in [2.75, 3.05) is 4.72 Å². The first kappa shape index (κ1) is 20.5. The maximum atomic E-state index is 12.7. The molecule has 6 nitrogen and oxygen atoms in total. The van der Waals surface area contributed by atoms with Crippen LogP contribution in [-0.4, -0.2) is 19.3 Å². The van der Waals surface area contributed by atoms with Crippen LogP contribution in [0.3, 0.4) is 0 Å². The minimum absolute atomic E-state index is 0.241. The summed E-state index contributed by atoms with van der Waals surface area (Å²) in [5.74, 6) is -0.251. The molecule has 7 heteroatoms. The van der Waals surface area contributed by atoms with Gasteiger partial charge in [0.25, 0.3) is 15.9 Å². The predicted molar refractivity (Wildman–Crippen MR) is 113 cm³/mol. The number of hydrogen-bond acceptors (Lipinski definition) is 4. The van der Waals surface area contributed by atoms with E-state index in [1.54, 1.807) is 49.5 Å². The van der Waals surface area contributed by atoms with Crippen molar-refractivity contribution in [3.8, 4) is 0 Å². The average molecular weight is 410 g/mol. The summed E-state index contributed by atoms with van der Waals surface area (Å²) in [5.41, 5.74) is 4.18. The Labute approximate surface area is 171 Å². The molecule has 1 heterocycles. The summed E-state index contributed by atoms with van der Waals surface area (Å²) in [7, 11) is -3.71. The van der Waals surface area contributed by atoms with Crippen molar-refractivity contribution in [1.29, 1.82) is 0 Å². The number of rotatable bonds is 6. The molecule has 3 aromatic rings. The van der Waals surface area contributed by atoms with E-state index in [1.807, 2.05) is 32.0 Å². The van der Waals surface area contributed by atoms with Gasteiger partial charge in [-0.05, 0) is 73.9 Å². The SMILES string of the molecule is Cc1ccc(C)c(S(=O)(=O)Nc2ccc(C(=O)NCc3ncccc3C)cc2)c1. The van der Waals surface area contributed by atoms with Gasteiger partial charge in [-0.15, -0.1) is 0 Å². The number of aromatic nitrogens is 1. The Hall–Kier alpha value is -3.19. The summed E-state index contributed by atoms with van der Waals surface area (Å²) >= 11 is 0. The molecule has 2 N–H and O–H groups in total. The zero-order chi connectivity index (χ0) is 21.0. The molecular weight excluding hydrogens is 386 g/mol. The molecule has 0 fully saturated rings. The molecule has 0 aliphatic heterocycles. The number of pyridine rings is 1. The second kappa shape index (κ2) is 8.45. The second-order valence-electron chi connectivity index (χ2n) is 6.90. The van der Waals surface area contributed by atoms with Gasteiger partial charge in [-0.25, -0.2) is 8.42 Å². The van der Waals surface area contributed by atoms with Crippen LogP contribution in [0.1, 0.15) is 32.7 Å². The third-order valence-corrected chi connectivity index (χ3v) is 6.09. The van der Waals surface area contributed by atoms with Crippen molar-refractivity contribution in [2.45, 2.75) is 32.2 Å². The van der Waals surface area contributed by atoms with Crippen molar-refractivity contribution in [2.24, 2.45) is 0 Å². The van der Waals surface area contributed by atoms with Crippen LogP contribution >= 0.6 is 0 Å². The van der Waals surface area contributed by atoms with Gasteiger partial charge in [0.2, 0.25) is 0 Å². The Morgan fingerprint density at radius 2 is 1.69 bits per heavy atom. The van der Waals surface area contributed by atoms with E-state index >= 15 is 0 Å². The van der Waals surface area contributed by atoms with Gasteiger partial charge in [0, 0.05) is 17.4 Å². The Balaban J connectivity index is 1.69. The highest BCUT2D eigenvalue weighted by Gasteiger charge is 2.17.